The molecule has 0 fully saturated rings. The molecular weight excluding hydrogens is 252 g/mol. The topological polar surface area (TPSA) is 101 Å². The van der Waals surface area contributed by atoms with Crippen molar-refractivity contribution < 1.29 is 8.42 Å². The molecule has 0 spiro atoms. The number of sulfonamides is 1. The highest BCUT2D eigenvalue weighted by molar-refractivity contribution is 7.89. The average molecular weight is 274 g/mol. The Morgan fingerprint density at radius 1 is 1.50 bits per heavy atom. The number of nitrogens with one attached hydrogen (secondary N) is 2. The number of rotatable bonds is 8. The fourth-order valence-electron chi connectivity index (χ4n) is 1.91. The van der Waals surface area contributed by atoms with Gasteiger partial charge in [0.25, 0.3) is 0 Å². The summed E-state index contributed by atoms with van der Waals surface area (Å²) in [6, 6.07) is 0. The maximum absolute atomic E-state index is 12.0. The second kappa shape index (κ2) is 6.86. The lowest BCUT2D eigenvalue weighted by Crippen LogP contribution is -2.30. The Morgan fingerprint density at radius 3 is 2.72 bits per heavy atom. The van der Waals surface area contributed by atoms with E-state index in [0.29, 0.717) is 24.7 Å². The standard InChI is InChI=1S/C11H22N4O2S/c1-3-4-10(5-6-12)7-14-18(16,17)11-8-13-15-9(11)2/h8,10,14H,3-7,12H2,1-2H3,(H,13,15). The zero-order valence-electron chi connectivity index (χ0n) is 10.9. The Bertz CT molecular complexity index is 449. The van der Waals surface area contributed by atoms with Crippen molar-refractivity contribution in [2.24, 2.45) is 11.7 Å². The number of hydrogen-bond donors (Lipinski definition) is 3. The van der Waals surface area contributed by atoms with Crippen LogP contribution in [0.2, 0.25) is 0 Å². The van der Waals surface area contributed by atoms with Crippen molar-refractivity contribution in [3.05, 3.63) is 11.9 Å². The number of H-pyrrole nitrogens is 1. The molecule has 18 heavy (non-hydrogen) atoms. The molecule has 7 heteroatoms. The van der Waals surface area contributed by atoms with Crippen LogP contribution in [0.1, 0.15) is 31.9 Å². The van der Waals surface area contributed by atoms with Gasteiger partial charge in [-0.2, -0.15) is 5.10 Å². The molecule has 0 amide bonds. The Balaban J connectivity index is 2.64. The van der Waals surface area contributed by atoms with Gasteiger partial charge in [-0.25, -0.2) is 13.1 Å². The summed E-state index contributed by atoms with van der Waals surface area (Å²) in [4.78, 5) is 0.213. The van der Waals surface area contributed by atoms with Crippen LogP contribution in [0.5, 0.6) is 0 Å². The fraction of sp³-hybridized carbons (Fsp3) is 0.727. The van der Waals surface area contributed by atoms with E-state index in [4.69, 9.17) is 5.73 Å². The first-order valence-corrected chi connectivity index (χ1v) is 7.69. The molecule has 1 aromatic heterocycles. The van der Waals surface area contributed by atoms with Gasteiger partial charge in [-0.15, -0.1) is 0 Å². The molecule has 0 aliphatic carbocycles. The third-order valence-electron chi connectivity index (χ3n) is 2.91. The number of aromatic amines is 1. The molecule has 6 nitrogen and oxygen atoms in total. The van der Waals surface area contributed by atoms with E-state index < -0.39 is 10.0 Å². The third kappa shape index (κ3) is 4.08. The van der Waals surface area contributed by atoms with Crippen molar-refractivity contribution in [2.75, 3.05) is 13.1 Å². The van der Waals surface area contributed by atoms with Gasteiger partial charge in [0.05, 0.1) is 11.9 Å². The van der Waals surface area contributed by atoms with E-state index in [2.05, 4.69) is 21.8 Å². The van der Waals surface area contributed by atoms with Gasteiger partial charge in [-0.3, -0.25) is 5.10 Å². The zero-order valence-corrected chi connectivity index (χ0v) is 11.8. The van der Waals surface area contributed by atoms with Gasteiger partial charge in [0.2, 0.25) is 10.0 Å². The zero-order chi connectivity index (χ0) is 13.6. The first-order chi connectivity index (χ1) is 8.51. The van der Waals surface area contributed by atoms with Crippen LogP contribution in [0.4, 0.5) is 0 Å². The minimum Gasteiger partial charge on any atom is -0.330 e. The smallest absolute Gasteiger partial charge is 0.243 e. The summed E-state index contributed by atoms with van der Waals surface area (Å²) in [5, 5.41) is 6.35. The highest BCUT2D eigenvalue weighted by atomic mass is 32.2. The highest BCUT2D eigenvalue weighted by Crippen LogP contribution is 2.13. The molecule has 0 aliphatic heterocycles. The Labute approximate surface area is 108 Å². The molecule has 104 valence electrons. The van der Waals surface area contributed by atoms with E-state index in [9.17, 15) is 8.42 Å². The summed E-state index contributed by atoms with van der Waals surface area (Å²) in [6.45, 7) is 4.78. The third-order valence-corrected chi connectivity index (χ3v) is 4.44. The van der Waals surface area contributed by atoms with Crippen molar-refractivity contribution in [3.8, 4) is 0 Å². The van der Waals surface area contributed by atoms with Crippen molar-refractivity contribution >= 4 is 10.0 Å². The van der Waals surface area contributed by atoms with E-state index in [0.717, 1.165) is 19.3 Å². The van der Waals surface area contributed by atoms with E-state index in [1.54, 1.807) is 6.92 Å². The molecule has 1 atom stereocenters. The predicted molar refractivity (Wildman–Crippen MR) is 70.6 cm³/mol. The molecule has 1 heterocycles. The molecule has 0 saturated carbocycles. The predicted octanol–water partition coefficient (Wildman–Crippen LogP) is 0.762. The van der Waals surface area contributed by atoms with Crippen molar-refractivity contribution in [1.29, 1.82) is 0 Å². The van der Waals surface area contributed by atoms with E-state index in [1.165, 1.54) is 6.20 Å². The number of aryl methyl sites for hydroxylation is 1. The van der Waals surface area contributed by atoms with Gasteiger partial charge in [-0.05, 0) is 32.2 Å². The van der Waals surface area contributed by atoms with Crippen molar-refractivity contribution in [3.63, 3.8) is 0 Å². The van der Waals surface area contributed by atoms with Crippen LogP contribution in [-0.4, -0.2) is 31.7 Å². The molecule has 0 bridgehead atoms. The summed E-state index contributed by atoms with van der Waals surface area (Å²) in [6.07, 6.45) is 4.16. The van der Waals surface area contributed by atoms with Crippen LogP contribution < -0.4 is 10.5 Å². The number of nitrogens with zero attached hydrogens (tertiary/aromatic N) is 1. The normalized spacial score (nSPS) is 13.7. The molecule has 0 saturated heterocycles. The number of aromatic nitrogens is 2. The Kier molecular flexibility index (Phi) is 5.77. The van der Waals surface area contributed by atoms with Crippen LogP contribution >= 0.6 is 0 Å². The van der Waals surface area contributed by atoms with Crippen LogP contribution in [0, 0.1) is 12.8 Å². The SMILES string of the molecule is CCCC(CCN)CNS(=O)(=O)c1cn[nH]c1C. The van der Waals surface area contributed by atoms with E-state index >= 15 is 0 Å². The van der Waals surface area contributed by atoms with Crippen LogP contribution in [0.3, 0.4) is 0 Å². The monoisotopic (exact) mass is 274 g/mol. The second-order valence-corrected chi connectivity index (χ2v) is 6.18. The average Bonchev–Trinajstić information content (AvgIpc) is 2.74. The molecule has 4 N–H and O–H groups in total. The lowest BCUT2D eigenvalue weighted by atomic mass is 10.0. The minimum atomic E-state index is -3.46. The molecular formula is C11H22N4O2S. The first-order valence-electron chi connectivity index (χ1n) is 6.21. The summed E-state index contributed by atoms with van der Waals surface area (Å²) in [7, 11) is -3.46. The quantitative estimate of drug-likeness (QED) is 0.651. The highest BCUT2D eigenvalue weighted by Gasteiger charge is 2.19. The Hall–Kier alpha value is -0.920. The number of nitrogens with two attached hydrogens (primary N) is 1. The molecule has 1 aromatic rings. The van der Waals surface area contributed by atoms with Gasteiger partial charge in [-0.1, -0.05) is 13.3 Å². The van der Waals surface area contributed by atoms with Gasteiger partial charge in [0.15, 0.2) is 0 Å². The van der Waals surface area contributed by atoms with Crippen molar-refractivity contribution in [2.45, 2.75) is 38.0 Å². The van der Waals surface area contributed by atoms with Gasteiger partial charge < -0.3 is 5.73 Å². The minimum absolute atomic E-state index is 0.213. The molecule has 1 rings (SSSR count). The summed E-state index contributed by atoms with van der Waals surface area (Å²) < 4.78 is 26.7. The lowest BCUT2D eigenvalue weighted by Gasteiger charge is -2.15. The fourth-order valence-corrected chi connectivity index (χ4v) is 3.16. The van der Waals surface area contributed by atoms with Gasteiger partial charge in [0, 0.05) is 6.54 Å². The molecule has 0 aromatic carbocycles. The lowest BCUT2D eigenvalue weighted by molar-refractivity contribution is 0.443. The van der Waals surface area contributed by atoms with Crippen LogP contribution in [-0.2, 0) is 10.0 Å². The van der Waals surface area contributed by atoms with Gasteiger partial charge >= 0.3 is 0 Å². The largest absolute Gasteiger partial charge is 0.330 e. The van der Waals surface area contributed by atoms with E-state index in [1.807, 2.05) is 0 Å². The molecule has 0 aliphatic rings. The van der Waals surface area contributed by atoms with Crippen LogP contribution in [0.25, 0.3) is 0 Å². The van der Waals surface area contributed by atoms with Crippen LogP contribution in [0.15, 0.2) is 11.1 Å². The first kappa shape index (κ1) is 15.1. The summed E-state index contributed by atoms with van der Waals surface area (Å²) in [5.41, 5.74) is 6.07. The second-order valence-electron chi connectivity index (χ2n) is 4.44. The Morgan fingerprint density at radius 2 is 2.22 bits per heavy atom. The van der Waals surface area contributed by atoms with Crippen molar-refractivity contribution in [1.82, 2.24) is 14.9 Å². The number of hydrogen-bond acceptors (Lipinski definition) is 4. The maximum Gasteiger partial charge on any atom is 0.243 e. The van der Waals surface area contributed by atoms with E-state index in [-0.39, 0.29) is 4.90 Å². The molecule has 0 radical (unpaired) electrons. The maximum atomic E-state index is 12.0. The molecule has 1 unspecified atom stereocenters. The summed E-state index contributed by atoms with van der Waals surface area (Å²) in [5.74, 6) is 0.294. The summed E-state index contributed by atoms with van der Waals surface area (Å²) >= 11 is 0. The van der Waals surface area contributed by atoms with Gasteiger partial charge in [0.1, 0.15) is 4.90 Å².